The van der Waals surface area contributed by atoms with Crippen molar-refractivity contribution in [2.45, 2.75) is 20.3 Å². The van der Waals surface area contributed by atoms with E-state index in [4.69, 9.17) is 0 Å². The maximum Gasteiger partial charge on any atom is 0.228 e. The number of aromatic nitrogens is 1. The van der Waals surface area contributed by atoms with Gasteiger partial charge in [0.1, 0.15) is 0 Å². The average molecular weight is 228 g/mol. The van der Waals surface area contributed by atoms with E-state index in [-0.39, 0.29) is 5.91 Å². The molecule has 0 aliphatic carbocycles. The maximum absolute atomic E-state index is 11.8. The lowest BCUT2D eigenvalue weighted by atomic mass is 10.2. The van der Waals surface area contributed by atoms with Crippen LogP contribution in [0.3, 0.4) is 0 Å². The number of H-pyrrole nitrogens is 1. The Hall–Kier alpha value is -2.03. The first-order chi connectivity index (χ1) is 8.13. The average Bonchev–Trinajstić information content (AvgIpc) is 2.67. The topological polar surface area (TPSA) is 44.9 Å². The molecule has 0 fully saturated rings. The smallest absolute Gasteiger partial charge is 0.228 e. The van der Waals surface area contributed by atoms with Crippen molar-refractivity contribution in [3.8, 4) is 0 Å². The third kappa shape index (κ3) is 3.21. The van der Waals surface area contributed by atoms with Crippen molar-refractivity contribution in [1.82, 2.24) is 4.98 Å². The summed E-state index contributed by atoms with van der Waals surface area (Å²) in [5.74, 6) is 0.00727. The van der Waals surface area contributed by atoms with Gasteiger partial charge in [0.25, 0.3) is 0 Å². The summed E-state index contributed by atoms with van der Waals surface area (Å²) >= 11 is 0. The molecule has 1 amide bonds. The van der Waals surface area contributed by atoms with E-state index in [2.05, 4.69) is 10.3 Å². The fraction of sp³-hybridized carbons (Fsp3) is 0.214. The Balaban J connectivity index is 1.95. The molecule has 17 heavy (non-hydrogen) atoms. The number of rotatable bonds is 3. The molecule has 0 unspecified atom stereocenters. The Morgan fingerprint density at radius 2 is 1.94 bits per heavy atom. The molecule has 0 atom stereocenters. The second-order valence-electron chi connectivity index (χ2n) is 4.28. The van der Waals surface area contributed by atoms with E-state index >= 15 is 0 Å². The molecule has 0 aliphatic rings. The van der Waals surface area contributed by atoms with Crippen molar-refractivity contribution < 1.29 is 4.79 Å². The minimum atomic E-state index is 0.00727. The molecule has 88 valence electrons. The summed E-state index contributed by atoms with van der Waals surface area (Å²) in [6.45, 7) is 4.00. The first kappa shape index (κ1) is 11.5. The van der Waals surface area contributed by atoms with Gasteiger partial charge in [0.2, 0.25) is 5.91 Å². The molecule has 2 rings (SSSR count). The zero-order valence-corrected chi connectivity index (χ0v) is 10.1. The van der Waals surface area contributed by atoms with Crippen molar-refractivity contribution in [2.24, 2.45) is 0 Å². The van der Waals surface area contributed by atoms with Crippen molar-refractivity contribution in [3.63, 3.8) is 0 Å². The Kier molecular flexibility index (Phi) is 3.28. The van der Waals surface area contributed by atoms with E-state index in [1.807, 2.05) is 50.4 Å². The minimum Gasteiger partial charge on any atom is -0.365 e. The van der Waals surface area contributed by atoms with Gasteiger partial charge in [0.05, 0.1) is 6.42 Å². The minimum absolute atomic E-state index is 0.00727. The van der Waals surface area contributed by atoms with Gasteiger partial charge in [-0.25, -0.2) is 0 Å². The number of amides is 1. The van der Waals surface area contributed by atoms with Gasteiger partial charge in [-0.15, -0.1) is 0 Å². The molecular formula is C14H16N2O. The summed E-state index contributed by atoms with van der Waals surface area (Å²) < 4.78 is 0. The molecular weight excluding hydrogens is 212 g/mol. The predicted molar refractivity (Wildman–Crippen MR) is 69.0 cm³/mol. The molecule has 1 aromatic carbocycles. The van der Waals surface area contributed by atoms with Crippen LogP contribution in [-0.4, -0.2) is 10.9 Å². The lowest BCUT2D eigenvalue weighted by molar-refractivity contribution is -0.115. The first-order valence-electron chi connectivity index (χ1n) is 5.64. The molecule has 0 saturated carbocycles. The van der Waals surface area contributed by atoms with Gasteiger partial charge in [-0.1, -0.05) is 17.7 Å². The summed E-state index contributed by atoms with van der Waals surface area (Å²) in [6.07, 6.45) is 2.27. The van der Waals surface area contributed by atoms with Crippen LogP contribution >= 0.6 is 0 Å². The normalized spacial score (nSPS) is 10.2. The Bertz CT molecular complexity index is 511. The molecule has 2 aromatic rings. The van der Waals surface area contributed by atoms with Crippen molar-refractivity contribution in [2.75, 3.05) is 5.32 Å². The lowest BCUT2D eigenvalue weighted by Gasteiger charge is -2.04. The summed E-state index contributed by atoms with van der Waals surface area (Å²) in [5, 5.41) is 2.87. The van der Waals surface area contributed by atoms with Gasteiger partial charge in [-0.3, -0.25) is 4.79 Å². The van der Waals surface area contributed by atoms with E-state index in [0.29, 0.717) is 6.42 Å². The van der Waals surface area contributed by atoms with Crippen LogP contribution in [0, 0.1) is 13.8 Å². The fourth-order valence-corrected chi connectivity index (χ4v) is 1.70. The lowest BCUT2D eigenvalue weighted by Crippen LogP contribution is -2.13. The Morgan fingerprint density at radius 1 is 1.24 bits per heavy atom. The molecule has 0 radical (unpaired) electrons. The number of benzene rings is 1. The number of hydrogen-bond acceptors (Lipinski definition) is 1. The van der Waals surface area contributed by atoms with Crippen molar-refractivity contribution >= 4 is 11.6 Å². The highest BCUT2D eigenvalue weighted by Gasteiger charge is 2.04. The summed E-state index contributed by atoms with van der Waals surface area (Å²) in [7, 11) is 0. The Morgan fingerprint density at radius 3 is 2.53 bits per heavy atom. The number of carbonyl (C=O) groups is 1. The molecule has 2 N–H and O–H groups in total. The zero-order chi connectivity index (χ0) is 12.3. The molecule has 0 saturated heterocycles. The van der Waals surface area contributed by atoms with Crippen LogP contribution < -0.4 is 5.32 Å². The number of carbonyl (C=O) groups excluding carboxylic acids is 1. The van der Waals surface area contributed by atoms with Crippen molar-refractivity contribution in [3.05, 3.63) is 53.3 Å². The molecule has 1 heterocycles. The molecule has 0 bridgehead atoms. The maximum atomic E-state index is 11.8. The van der Waals surface area contributed by atoms with Crippen LogP contribution in [0.25, 0.3) is 0 Å². The summed E-state index contributed by atoms with van der Waals surface area (Å²) in [4.78, 5) is 14.8. The van der Waals surface area contributed by atoms with Crippen LogP contribution in [0.4, 0.5) is 5.69 Å². The third-order valence-electron chi connectivity index (χ3n) is 2.59. The SMILES string of the molecule is Cc1ccc(NC(=O)Cc2c[nH]c(C)c2)cc1. The van der Waals surface area contributed by atoms with E-state index in [9.17, 15) is 4.79 Å². The van der Waals surface area contributed by atoms with E-state index in [0.717, 1.165) is 16.9 Å². The molecule has 3 nitrogen and oxygen atoms in total. The number of hydrogen-bond donors (Lipinski definition) is 2. The van der Waals surface area contributed by atoms with Crippen LogP contribution in [0.1, 0.15) is 16.8 Å². The second-order valence-corrected chi connectivity index (χ2v) is 4.28. The zero-order valence-electron chi connectivity index (χ0n) is 10.1. The number of aromatic amines is 1. The van der Waals surface area contributed by atoms with Crippen LogP contribution in [0.2, 0.25) is 0 Å². The molecule has 0 aliphatic heterocycles. The highest BCUT2D eigenvalue weighted by Crippen LogP contribution is 2.10. The number of nitrogens with one attached hydrogen (secondary N) is 2. The molecule has 1 aromatic heterocycles. The quantitative estimate of drug-likeness (QED) is 0.833. The van der Waals surface area contributed by atoms with Gasteiger partial charge in [-0.05, 0) is 37.6 Å². The number of aryl methyl sites for hydroxylation is 2. The van der Waals surface area contributed by atoms with E-state index in [1.165, 1.54) is 5.56 Å². The largest absolute Gasteiger partial charge is 0.365 e. The van der Waals surface area contributed by atoms with Gasteiger partial charge < -0.3 is 10.3 Å². The molecule has 3 heteroatoms. The van der Waals surface area contributed by atoms with Gasteiger partial charge in [0, 0.05) is 17.6 Å². The monoisotopic (exact) mass is 228 g/mol. The molecule has 0 spiro atoms. The van der Waals surface area contributed by atoms with Crippen LogP contribution in [-0.2, 0) is 11.2 Å². The highest BCUT2D eigenvalue weighted by atomic mass is 16.1. The highest BCUT2D eigenvalue weighted by molar-refractivity contribution is 5.92. The van der Waals surface area contributed by atoms with Gasteiger partial charge in [-0.2, -0.15) is 0 Å². The Labute approximate surface area is 101 Å². The van der Waals surface area contributed by atoms with Gasteiger partial charge >= 0.3 is 0 Å². The van der Waals surface area contributed by atoms with Crippen LogP contribution in [0.5, 0.6) is 0 Å². The van der Waals surface area contributed by atoms with E-state index < -0.39 is 0 Å². The first-order valence-corrected chi connectivity index (χ1v) is 5.64. The summed E-state index contributed by atoms with van der Waals surface area (Å²) in [6, 6.07) is 9.77. The standard InChI is InChI=1S/C14H16N2O/c1-10-3-5-13(6-4-10)16-14(17)8-12-7-11(2)15-9-12/h3-7,9,15H,8H2,1-2H3,(H,16,17). The third-order valence-corrected chi connectivity index (χ3v) is 2.59. The fourth-order valence-electron chi connectivity index (χ4n) is 1.70. The number of anilines is 1. The predicted octanol–water partition coefficient (Wildman–Crippen LogP) is 2.81. The van der Waals surface area contributed by atoms with Crippen molar-refractivity contribution in [1.29, 1.82) is 0 Å². The summed E-state index contributed by atoms with van der Waals surface area (Å²) in [5.41, 5.74) is 4.10. The van der Waals surface area contributed by atoms with Gasteiger partial charge in [0.15, 0.2) is 0 Å². The van der Waals surface area contributed by atoms with Crippen LogP contribution in [0.15, 0.2) is 36.5 Å². The van der Waals surface area contributed by atoms with E-state index in [1.54, 1.807) is 0 Å². The second kappa shape index (κ2) is 4.87.